The number of aliphatic hydroxyl groups is 2. The maximum absolute atomic E-state index is 13.6. The third kappa shape index (κ3) is 11.7. The zero-order valence-electron chi connectivity index (χ0n) is 24.4. The lowest BCUT2D eigenvalue weighted by atomic mass is 10.1. The number of hydrogen-bond donors (Lipinski definition) is 2. The molecule has 0 aliphatic carbocycles. The van der Waals surface area contributed by atoms with Gasteiger partial charge in [0.2, 0.25) is 0 Å². The van der Waals surface area contributed by atoms with Crippen molar-refractivity contribution in [3.05, 3.63) is 0 Å². The van der Waals surface area contributed by atoms with Crippen molar-refractivity contribution in [2.45, 2.75) is 87.3 Å². The number of nitrogens with zero attached hydrogens (tertiary/aromatic N) is 2. The van der Waals surface area contributed by atoms with Gasteiger partial charge in [-0.2, -0.15) is 52.7 Å². The standard InChI is InChI=1S/C24H36F16N2O4/c1-3-5-41(9-15(43)11-45-13-19(29,30)23(37,38)21(33,34)17(25)26)7-8-42(6-4-2)10-16(44)12-46-14-20(31,32)24(39,40)22(35,36)18(27)28/h15-18,43-44H,3-14H2,1-2H3. The summed E-state index contributed by atoms with van der Waals surface area (Å²) in [7, 11) is 0. The molecule has 0 saturated carbocycles. The van der Waals surface area contributed by atoms with Crippen LogP contribution >= 0.6 is 0 Å². The van der Waals surface area contributed by atoms with Crippen LogP contribution in [0, 0.1) is 0 Å². The normalized spacial score (nSPS) is 15.9. The average Bonchev–Trinajstić information content (AvgIpc) is 2.90. The summed E-state index contributed by atoms with van der Waals surface area (Å²) < 4.78 is 217. The molecule has 2 N–H and O–H groups in total. The summed E-state index contributed by atoms with van der Waals surface area (Å²) in [6.45, 7) is -4.00. The van der Waals surface area contributed by atoms with Crippen molar-refractivity contribution in [3.8, 4) is 0 Å². The lowest BCUT2D eigenvalue weighted by molar-refractivity contribution is -0.346. The molecule has 0 heterocycles. The second kappa shape index (κ2) is 17.9. The summed E-state index contributed by atoms with van der Waals surface area (Å²) in [6.07, 6.45) is -12.7. The van der Waals surface area contributed by atoms with Crippen molar-refractivity contribution < 1.29 is 89.9 Å². The zero-order valence-corrected chi connectivity index (χ0v) is 24.4. The first-order valence-corrected chi connectivity index (χ1v) is 13.5. The fourth-order valence-electron chi connectivity index (χ4n) is 3.79. The van der Waals surface area contributed by atoms with Crippen LogP contribution in [0.15, 0.2) is 0 Å². The molecule has 46 heavy (non-hydrogen) atoms. The van der Waals surface area contributed by atoms with Gasteiger partial charge in [0.15, 0.2) is 0 Å². The Morgan fingerprint density at radius 2 is 0.804 bits per heavy atom. The topological polar surface area (TPSA) is 65.4 Å². The van der Waals surface area contributed by atoms with E-state index >= 15 is 0 Å². The van der Waals surface area contributed by atoms with Crippen LogP contribution in [0.3, 0.4) is 0 Å². The highest BCUT2D eigenvalue weighted by Gasteiger charge is 2.76. The van der Waals surface area contributed by atoms with Crippen molar-refractivity contribution in [1.82, 2.24) is 9.80 Å². The third-order valence-corrected chi connectivity index (χ3v) is 6.24. The number of halogens is 16. The van der Waals surface area contributed by atoms with Crippen LogP contribution in [0.25, 0.3) is 0 Å². The fourth-order valence-corrected chi connectivity index (χ4v) is 3.79. The minimum atomic E-state index is -6.49. The highest BCUT2D eigenvalue weighted by atomic mass is 19.4. The van der Waals surface area contributed by atoms with Crippen molar-refractivity contribution >= 4 is 0 Å². The summed E-state index contributed by atoms with van der Waals surface area (Å²) in [5.74, 6) is -37.2. The summed E-state index contributed by atoms with van der Waals surface area (Å²) in [5, 5.41) is 20.1. The van der Waals surface area contributed by atoms with Crippen molar-refractivity contribution in [1.29, 1.82) is 0 Å². The summed E-state index contributed by atoms with van der Waals surface area (Å²) in [5.41, 5.74) is 0. The molecular formula is C24H36F16N2O4. The number of alkyl halides is 16. The molecular weight excluding hydrogens is 684 g/mol. The van der Waals surface area contributed by atoms with Gasteiger partial charge in [-0.05, 0) is 25.9 Å². The summed E-state index contributed by atoms with van der Waals surface area (Å²) in [6, 6.07) is 0. The van der Waals surface area contributed by atoms with Gasteiger partial charge in [0, 0.05) is 26.2 Å². The highest BCUT2D eigenvalue weighted by molar-refractivity contribution is 4.99. The minimum absolute atomic E-state index is 0.0281. The lowest BCUT2D eigenvalue weighted by Crippen LogP contribution is -2.59. The van der Waals surface area contributed by atoms with Crippen LogP contribution in [0.1, 0.15) is 26.7 Å². The Labute approximate surface area is 253 Å². The molecule has 0 aromatic rings. The van der Waals surface area contributed by atoms with E-state index in [4.69, 9.17) is 0 Å². The molecule has 0 radical (unpaired) electrons. The van der Waals surface area contributed by atoms with Gasteiger partial charge in [-0.3, -0.25) is 9.80 Å². The zero-order chi connectivity index (χ0) is 36.4. The molecule has 0 fully saturated rings. The van der Waals surface area contributed by atoms with Crippen molar-refractivity contribution in [2.24, 2.45) is 0 Å². The van der Waals surface area contributed by atoms with Crippen LogP contribution in [0.4, 0.5) is 70.2 Å². The van der Waals surface area contributed by atoms with Gasteiger partial charge in [-0.25, -0.2) is 17.6 Å². The number of aliphatic hydroxyl groups excluding tert-OH is 2. The Kier molecular flexibility index (Phi) is 17.3. The third-order valence-electron chi connectivity index (χ3n) is 6.24. The molecule has 0 rings (SSSR count). The van der Waals surface area contributed by atoms with Gasteiger partial charge in [0.1, 0.15) is 13.2 Å². The Morgan fingerprint density at radius 1 is 0.522 bits per heavy atom. The van der Waals surface area contributed by atoms with E-state index in [9.17, 15) is 80.5 Å². The van der Waals surface area contributed by atoms with Crippen LogP contribution < -0.4 is 0 Å². The molecule has 278 valence electrons. The van der Waals surface area contributed by atoms with Crippen molar-refractivity contribution in [2.75, 3.05) is 65.7 Å². The molecule has 6 nitrogen and oxygen atoms in total. The largest absolute Gasteiger partial charge is 0.389 e. The van der Waals surface area contributed by atoms with Gasteiger partial charge in [0.25, 0.3) is 0 Å². The number of ether oxygens (including phenoxy) is 2. The predicted octanol–water partition coefficient (Wildman–Crippen LogP) is 5.51. The van der Waals surface area contributed by atoms with Gasteiger partial charge in [-0.15, -0.1) is 0 Å². The second-order valence-corrected chi connectivity index (χ2v) is 10.3. The fraction of sp³-hybridized carbons (Fsp3) is 1.00. The molecule has 0 saturated heterocycles. The SMILES string of the molecule is CCCN(CCN(CCC)CC(O)COCC(F)(F)C(F)(F)C(F)(F)C(F)F)CC(O)COCC(F)(F)C(F)(F)C(F)(F)C(F)F. The monoisotopic (exact) mass is 720 g/mol. The van der Waals surface area contributed by atoms with E-state index in [1.807, 2.05) is 0 Å². The van der Waals surface area contributed by atoms with Gasteiger partial charge < -0.3 is 19.7 Å². The molecule has 0 spiro atoms. The first-order valence-electron chi connectivity index (χ1n) is 13.5. The minimum Gasteiger partial charge on any atom is -0.389 e. The first kappa shape index (κ1) is 44.6. The van der Waals surface area contributed by atoms with Crippen molar-refractivity contribution in [3.63, 3.8) is 0 Å². The van der Waals surface area contributed by atoms with E-state index < -0.39 is 87.0 Å². The molecule has 0 aromatic carbocycles. The van der Waals surface area contributed by atoms with E-state index in [2.05, 4.69) is 9.47 Å². The van der Waals surface area contributed by atoms with E-state index in [1.54, 1.807) is 13.8 Å². The van der Waals surface area contributed by atoms with Crippen LogP contribution in [-0.2, 0) is 9.47 Å². The predicted molar refractivity (Wildman–Crippen MR) is 129 cm³/mol. The Balaban J connectivity index is 5.05. The van der Waals surface area contributed by atoms with Crippen LogP contribution in [-0.4, -0.2) is 146 Å². The average molecular weight is 721 g/mol. The van der Waals surface area contributed by atoms with Crippen LogP contribution in [0.5, 0.6) is 0 Å². The smallest absolute Gasteiger partial charge is 0.380 e. The van der Waals surface area contributed by atoms with Gasteiger partial charge in [0.05, 0.1) is 25.4 Å². The molecule has 0 bridgehead atoms. The van der Waals surface area contributed by atoms with Crippen LogP contribution in [0.2, 0.25) is 0 Å². The molecule has 0 aromatic heterocycles. The molecule has 22 heteroatoms. The molecule has 0 amide bonds. The highest BCUT2D eigenvalue weighted by Crippen LogP contribution is 2.49. The lowest BCUT2D eigenvalue weighted by Gasteiger charge is -2.33. The van der Waals surface area contributed by atoms with Gasteiger partial charge >= 0.3 is 48.4 Å². The summed E-state index contributed by atoms with van der Waals surface area (Å²) >= 11 is 0. The number of rotatable bonds is 25. The second-order valence-electron chi connectivity index (χ2n) is 10.3. The van der Waals surface area contributed by atoms with E-state index in [0.717, 1.165) is 0 Å². The number of hydrogen-bond acceptors (Lipinski definition) is 6. The van der Waals surface area contributed by atoms with E-state index in [0.29, 0.717) is 12.8 Å². The van der Waals surface area contributed by atoms with E-state index in [1.165, 1.54) is 9.80 Å². The molecule has 2 atom stereocenters. The Hall–Kier alpha value is -1.36. The van der Waals surface area contributed by atoms with Gasteiger partial charge in [-0.1, -0.05) is 13.8 Å². The maximum atomic E-state index is 13.6. The maximum Gasteiger partial charge on any atom is 0.380 e. The molecule has 0 aliphatic rings. The quantitative estimate of drug-likeness (QED) is 0.122. The van der Waals surface area contributed by atoms with E-state index in [-0.39, 0.29) is 39.3 Å². The molecule has 2 unspecified atom stereocenters. The Bertz CT molecular complexity index is 802. The molecule has 0 aliphatic heterocycles. The summed E-state index contributed by atoms with van der Waals surface area (Å²) in [4.78, 5) is 2.95. The Morgan fingerprint density at radius 3 is 1.04 bits per heavy atom. The first-order chi connectivity index (χ1) is 20.7.